The largest absolute Gasteiger partial charge is 0.323 e. The molecule has 1 atom stereocenters. The Labute approximate surface area is 171 Å². The number of hydrogen-bond donors (Lipinski definition) is 0. The van der Waals surface area contributed by atoms with Crippen LogP contribution in [0.3, 0.4) is 0 Å². The quantitative estimate of drug-likeness (QED) is 0.415. The SMILES string of the molecule is COP(=O)(C(=O)c1c(C)cc(C)c(C(=O)c2ccccc2)c1C)c1ccccc1. The van der Waals surface area contributed by atoms with Crippen LogP contribution in [-0.2, 0) is 9.09 Å². The zero-order chi connectivity index (χ0) is 21.2. The van der Waals surface area contributed by atoms with Gasteiger partial charge in [-0.05, 0) is 49.6 Å². The highest BCUT2D eigenvalue weighted by molar-refractivity contribution is 7.83. The molecule has 0 fully saturated rings. The third-order valence-corrected chi connectivity index (χ3v) is 7.32. The smallest absolute Gasteiger partial charge is 0.300 e. The van der Waals surface area contributed by atoms with Gasteiger partial charge in [0.2, 0.25) is 0 Å². The summed E-state index contributed by atoms with van der Waals surface area (Å²) in [6, 6.07) is 19.2. The molecular formula is C24H23O4P. The lowest BCUT2D eigenvalue weighted by molar-refractivity contribution is 0.103. The second-order valence-electron chi connectivity index (χ2n) is 6.96. The number of carbonyl (C=O) groups is 2. The highest BCUT2D eigenvalue weighted by atomic mass is 31.2. The summed E-state index contributed by atoms with van der Waals surface area (Å²) >= 11 is 0. The van der Waals surface area contributed by atoms with Gasteiger partial charge in [0.25, 0.3) is 5.52 Å². The van der Waals surface area contributed by atoms with Crippen LogP contribution in [0.5, 0.6) is 0 Å². The van der Waals surface area contributed by atoms with E-state index in [0.717, 1.165) is 5.56 Å². The fraction of sp³-hybridized carbons (Fsp3) is 0.167. The van der Waals surface area contributed by atoms with Crippen molar-refractivity contribution in [1.29, 1.82) is 0 Å². The second kappa shape index (κ2) is 8.28. The molecular weight excluding hydrogens is 383 g/mol. The molecule has 1 unspecified atom stereocenters. The normalized spacial score (nSPS) is 13.0. The van der Waals surface area contributed by atoms with Gasteiger partial charge in [-0.1, -0.05) is 54.6 Å². The van der Waals surface area contributed by atoms with E-state index in [1.165, 1.54) is 7.11 Å². The summed E-state index contributed by atoms with van der Waals surface area (Å²) < 4.78 is 18.9. The monoisotopic (exact) mass is 406 g/mol. The van der Waals surface area contributed by atoms with E-state index >= 15 is 0 Å². The number of aryl methyl sites for hydroxylation is 2. The minimum atomic E-state index is -3.81. The van der Waals surface area contributed by atoms with Gasteiger partial charge in [-0.2, -0.15) is 0 Å². The van der Waals surface area contributed by atoms with Gasteiger partial charge in [0.05, 0.1) is 0 Å². The van der Waals surface area contributed by atoms with E-state index in [1.807, 2.05) is 13.0 Å². The number of benzene rings is 3. The average molecular weight is 406 g/mol. The Morgan fingerprint density at radius 3 is 1.86 bits per heavy atom. The molecule has 3 rings (SSSR count). The Morgan fingerprint density at radius 2 is 1.31 bits per heavy atom. The van der Waals surface area contributed by atoms with Crippen LogP contribution in [-0.4, -0.2) is 18.4 Å². The van der Waals surface area contributed by atoms with Crippen molar-refractivity contribution in [3.05, 3.63) is 100 Å². The van der Waals surface area contributed by atoms with Crippen LogP contribution in [0.4, 0.5) is 0 Å². The number of carbonyl (C=O) groups excluding carboxylic acids is 2. The Bertz CT molecular complexity index is 1120. The molecule has 0 aliphatic rings. The molecule has 0 saturated heterocycles. The summed E-state index contributed by atoms with van der Waals surface area (Å²) in [6.45, 7) is 5.36. The van der Waals surface area contributed by atoms with Gasteiger partial charge in [0.15, 0.2) is 5.78 Å². The first kappa shape index (κ1) is 20.9. The molecule has 0 N–H and O–H groups in total. The van der Waals surface area contributed by atoms with E-state index < -0.39 is 12.9 Å². The Balaban J connectivity index is 2.19. The summed E-state index contributed by atoms with van der Waals surface area (Å²) in [5.74, 6) is -0.165. The summed E-state index contributed by atoms with van der Waals surface area (Å²) in [4.78, 5) is 26.6. The van der Waals surface area contributed by atoms with E-state index in [-0.39, 0.29) is 11.3 Å². The maximum Gasteiger partial charge on any atom is 0.300 e. The molecule has 5 heteroatoms. The molecule has 0 radical (unpaired) electrons. The molecule has 0 bridgehead atoms. The first-order valence-corrected chi connectivity index (χ1v) is 10.9. The van der Waals surface area contributed by atoms with E-state index in [1.54, 1.807) is 74.5 Å². The van der Waals surface area contributed by atoms with Crippen molar-refractivity contribution in [3.63, 3.8) is 0 Å². The van der Waals surface area contributed by atoms with Gasteiger partial charge in [0.1, 0.15) is 0 Å². The minimum absolute atomic E-state index is 0.165. The molecule has 3 aromatic carbocycles. The van der Waals surface area contributed by atoms with Crippen LogP contribution in [0.2, 0.25) is 0 Å². The fourth-order valence-electron chi connectivity index (χ4n) is 3.67. The second-order valence-corrected chi connectivity index (χ2v) is 9.35. The third-order valence-electron chi connectivity index (χ3n) is 5.07. The lowest BCUT2D eigenvalue weighted by atomic mass is 9.89. The minimum Gasteiger partial charge on any atom is -0.323 e. The van der Waals surface area contributed by atoms with Crippen LogP contribution < -0.4 is 5.30 Å². The molecule has 0 aromatic heterocycles. The molecule has 4 nitrogen and oxygen atoms in total. The van der Waals surface area contributed by atoms with Gasteiger partial charge in [-0.25, -0.2) is 0 Å². The maximum absolute atomic E-state index is 13.6. The Morgan fingerprint density at radius 1 is 0.793 bits per heavy atom. The summed E-state index contributed by atoms with van der Waals surface area (Å²) in [5.41, 5.74) is 2.65. The van der Waals surface area contributed by atoms with Gasteiger partial charge < -0.3 is 4.52 Å². The number of hydrogen-bond acceptors (Lipinski definition) is 4. The predicted octanol–water partition coefficient (Wildman–Crippen LogP) is 5.23. The predicted molar refractivity (Wildman–Crippen MR) is 116 cm³/mol. The summed E-state index contributed by atoms with van der Waals surface area (Å²) in [6.07, 6.45) is 0. The standard InChI is InChI=1S/C24H23O4P/c1-16-15-17(2)22(18(3)21(16)23(25)19-11-7-5-8-12-19)24(26)29(27,28-4)20-13-9-6-10-14-20/h5-15H,1-4H3. The van der Waals surface area contributed by atoms with E-state index in [2.05, 4.69) is 0 Å². The maximum atomic E-state index is 13.6. The molecule has 29 heavy (non-hydrogen) atoms. The zero-order valence-electron chi connectivity index (χ0n) is 16.9. The molecule has 0 heterocycles. The highest BCUT2D eigenvalue weighted by Crippen LogP contribution is 2.49. The van der Waals surface area contributed by atoms with Crippen molar-refractivity contribution in [2.45, 2.75) is 20.8 Å². The Hall–Kier alpha value is -2.81. The lowest BCUT2D eigenvalue weighted by Gasteiger charge is -2.20. The van der Waals surface area contributed by atoms with Gasteiger partial charge >= 0.3 is 7.37 Å². The van der Waals surface area contributed by atoms with Gasteiger partial charge in [0, 0.05) is 29.1 Å². The van der Waals surface area contributed by atoms with Crippen molar-refractivity contribution in [2.75, 3.05) is 7.11 Å². The van der Waals surface area contributed by atoms with Crippen LogP contribution in [0.25, 0.3) is 0 Å². The van der Waals surface area contributed by atoms with Crippen molar-refractivity contribution < 1.29 is 18.7 Å². The third kappa shape index (κ3) is 3.74. The first-order chi connectivity index (χ1) is 13.8. The van der Waals surface area contributed by atoms with Gasteiger partial charge in [-0.3, -0.25) is 14.2 Å². The van der Waals surface area contributed by atoms with Crippen molar-refractivity contribution in [1.82, 2.24) is 0 Å². The highest BCUT2D eigenvalue weighted by Gasteiger charge is 2.37. The lowest BCUT2D eigenvalue weighted by Crippen LogP contribution is -2.18. The Kier molecular flexibility index (Phi) is 5.97. The van der Waals surface area contributed by atoms with Crippen LogP contribution in [0.15, 0.2) is 66.7 Å². The van der Waals surface area contributed by atoms with E-state index in [0.29, 0.717) is 27.6 Å². The molecule has 0 aliphatic carbocycles. The van der Waals surface area contributed by atoms with Crippen molar-refractivity contribution in [3.8, 4) is 0 Å². The summed E-state index contributed by atoms with van der Waals surface area (Å²) in [7, 11) is -2.53. The average Bonchev–Trinajstić information content (AvgIpc) is 2.73. The molecule has 0 aliphatic heterocycles. The van der Waals surface area contributed by atoms with E-state index in [9.17, 15) is 14.2 Å². The van der Waals surface area contributed by atoms with Crippen LogP contribution in [0, 0.1) is 20.8 Å². The zero-order valence-corrected chi connectivity index (χ0v) is 17.8. The summed E-state index contributed by atoms with van der Waals surface area (Å²) in [5, 5.41) is 0.336. The molecule has 3 aromatic rings. The van der Waals surface area contributed by atoms with Crippen LogP contribution >= 0.6 is 7.37 Å². The van der Waals surface area contributed by atoms with Crippen molar-refractivity contribution in [2.24, 2.45) is 0 Å². The number of ketones is 1. The number of rotatable bonds is 6. The van der Waals surface area contributed by atoms with Crippen LogP contribution in [0.1, 0.15) is 43.0 Å². The topological polar surface area (TPSA) is 60.4 Å². The van der Waals surface area contributed by atoms with Crippen molar-refractivity contribution >= 4 is 24.0 Å². The van der Waals surface area contributed by atoms with Gasteiger partial charge in [-0.15, -0.1) is 0 Å². The molecule has 0 saturated carbocycles. The first-order valence-electron chi connectivity index (χ1n) is 9.28. The fourth-order valence-corrected chi connectivity index (χ4v) is 5.49. The molecule has 148 valence electrons. The van der Waals surface area contributed by atoms with E-state index in [4.69, 9.17) is 4.52 Å². The molecule has 0 amide bonds. The molecule has 0 spiro atoms.